The maximum atomic E-state index is 6.27. The molecule has 1 N–H and O–H groups in total. The fourth-order valence-corrected chi connectivity index (χ4v) is 2.67. The summed E-state index contributed by atoms with van der Waals surface area (Å²) in [5, 5.41) is 3.43. The van der Waals surface area contributed by atoms with Crippen molar-refractivity contribution in [2.24, 2.45) is 11.8 Å². The minimum absolute atomic E-state index is 0.270. The van der Waals surface area contributed by atoms with Crippen LogP contribution in [0.2, 0.25) is 0 Å². The molecule has 1 aliphatic heterocycles. The van der Waals surface area contributed by atoms with Crippen LogP contribution in [0.4, 0.5) is 0 Å². The lowest BCUT2D eigenvalue weighted by Gasteiger charge is -2.26. The van der Waals surface area contributed by atoms with Crippen LogP contribution in [0.15, 0.2) is 24.3 Å². The largest absolute Gasteiger partial charge is 0.493 e. The van der Waals surface area contributed by atoms with E-state index in [2.05, 4.69) is 19.2 Å². The van der Waals surface area contributed by atoms with Crippen LogP contribution < -0.4 is 14.8 Å². The number of para-hydroxylation sites is 2. The van der Waals surface area contributed by atoms with Crippen LogP contribution in [0.5, 0.6) is 11.5 Å². The van der Waals surface area contributed by atoms with Gasteiger partial charge in [0.1, 0.15) is 6.10 Å². The molecule has 2 atom stereocenters. The van der Waals surface area contributed by atoms with Crippen LogP contribution in [0.25, 0.3) is 0 Å². The van der Waals surface area contributed by atoms with Crippen molar-refractivity contribution in [1.29, 1.82) is 0 Å². The first-order valence-corrected chi connectivity index (χ1v) is 7.21. The van der Waals surface area contributed by atoms with Crippen molar-refractivity contribution >= 4 is 0 Å². The molecule has 0 radical (unpaired) electrons. The van der Waals surface area contributed by atoms with Crippen LogP contribution in [0.3, 0.4) is 0 Å². The van der Waals surface area contributed by atoms with Crippen molar-refractivity contribution < 1.29 is 9.47 Å². The lowest BCUT2D eigenvalue weighted by molar-refractivity contribution is 0.115. The topological polar surface area (TPSA) is 30.5 Å². The maximum Gasteiger partial charge on any atom is 0.161 e. The number of rotatable bonds is 6. The van der Waals surface area contributed by atoms with Crippen molar-refractivity contribution in [3.63, 3.8) is 0 Å². The summed E-state index contributed by atoms with van der Waals surface area (Å²) < 4.78 is 11.6. The molecule has 106 valence electrons. The van der Waals surface area contributed by atoms with Gasteiger partial charge in [-0.2, -0.15) is 0 Å². The van der Waals surface area contributed by atoms with Gasteiger partial charge in [0, 0.05) is 12.5 Å². The summed E-state index contributed by atoms with van der Waals surface area (Å²) in [6.45, 7) is 6.67. The van der Waals surface area contributed by atoms with Gasteiger partial charge in [0.15, 0.2) is 11.5 Å². The summed E-state index contributed by atoms with van der Waals surface area (Å²) in [5.41, 5.74) is 0. The van der Waals surface area contributed by atoms with Crippen molar-refractivity contribution in [3.8, 4) is 11.5 Å². The Kier molecular flexibility index (Phi) is 5.08. The van der Waals surface area contributed by atoms with Gasteiger partial charge in [0.05, 0.1) is 7.11 Å². The van der Waals surface area contributed by atoms with Gasteiger partial charge in [-0.05, 0) is 37.4 Å². The highest BCUT2D eigenvalue weighted by Crippen LogP contribution is 2.31. The van der Waals surface area contributed by atoms with E-state index in [9.17, 15) is 0 Å². The Bertz CT molecular complexity index is 386. The van der Waals surface area contributed by atoms with Gasteiger partial charge < -0.3 is 14.8 Å². The van der Waals surface area contributed by atoms with Crippen LogP contribution in [-0.2, 0) is 0 Å². The summed E-state index contributed by atoms with van der Waals surface area (Å²) in [7, 11) is 1.69. The average molecular weight is 263 g/mol. The summed E-state index contributed by atoms with van der Waals surface area (Å²) >= 11 is 0. The molecule has 1 saturated heterocycles. The zero-order chi connectivity index (χ0) is 13.7. The highest BCUT2D eigenvalue weighted by molar-refractivity contribution is 5.39. The van der Waals surface area contributed by atoms with Crippen LogP contribution in [0.1, 0.15) is 26.7 Å². The summed E-state index contributed by atoms with van der Waals surface area (Å²) in [6.07, 6.45) is 2.56. The smallest absolute Gasteiger partial charge is 0.161 e. The van der Waals surface area contributed by atoms with E-state index < -0.39 is 0 Å². The standard InChI is InChI=1S/C16H25NO2/c1-12(2)10-16(13-8-9-17-11-13)19-15-7-5-4-6-14(15)18-3/h4-7,12-13,16-17H,8-11H2,1-3H3/t13-,16-/m0/s1. The third-order valence-corrected chi connectivity index (χ3v) is 3.68. The van der Waals surface area contributed by atoms with Crippen molar-refractivity contribution in [1.82, 2.24) is 5.32 Å². The number of hydrogen-bond acceptors (Lipinski definition) is 3. The third-order valence-electron chi connectivity index (χ3n) is 3.68. The molecule has 3 nitrogen and oxygen atoms in total. The molecular formula is C16H25NO2. The molecule has 0 spiro atoms. The minimum Gasteiger partial charge on any atom is -0.493 e. The number of ether oxygens (including phenoxy) is 2. The maximum absolute atomic E-state index is 6.27. The Morgan fingerprint density at radius 1 is 1.26 bits per heavy atom. The Morgan fingerprint density at radius 2 is 2.00 bits per heavy atom. The Morgan fingerprint density at radius 3 is 2.58 bits per heavy atom. The van der Waals surface area contributed by atoms with E-state index in [1.807, 2.05) is 24.3 Å². The van der Waals surface area contributed by atoms with Gasteiger partial charge in [-0.25, -0.2) is 0 Å². The number of benzene rings is 1. The molecular weight excluding hydrogens is 238 g/mol. The summed E-state index contributed by atoms with van der Waals surface area (Å²) in [5.74, 6) is 2.93. The van der Waals surface area contributed by atoms with Crippen LogP contribution in [0, 0.1) is 11.8 Å². The molecule has 19 heavy (non-hydrogen) atoms. The molecule has 0 unspecified atom stereocenters. The second kappa shape index (κ2) is 6.80. The zero-order valence-corrected chi connectivity index (χ0v) is 12.2. The quantitative estimate of drug-likeness (QED) is 0.855. The molecule has 0 aromatic heterocycles. The third kappa shape index (κ3) is 3.87. The lowest BCUT2D eigenvalue weighted by Crippen LogP contribution is -2.30. The summed E-state index contributed by atoms with van der Waals surface area (Å²) in [4.78, 5) is 0. The lowest BCUT2D eigenvalue weighted by atomic mass is 9.93. The summed E-state index contributed by atoms with van der Waals surface area (Å²) in [6, 6.07) is 7.92. The minimum atomic E-state index is 0.270. The van der Waals surface area contributed by atoms with E-state index in [-0.39, 0.29) is 6.10 Å². The number of nitrogens with one attached hydrogen (secondary N) is 1. The fraction of sp³-hybridized carbons (Fsp3) is 0.625. The SMILES string of the molecule is COc1ccccc1O[C@@H](CC(C)C)[C@H]1CCNC1. The molecule has 0 amide bonds. The first-order valence-electron chi connectivity index (χ1n) is 7.21. The highest BCUT2D eigenvalue weighted by Gasteiger charge is 2.27. The molecule has 0 aliphatic carbocycles. The van der Waals surface area contributed by atoms with Gasteiger partial charge in [0.2, 0.25) is 0 Å². The van der Waals surface area contributed by atoms with Crippen LogP contribution >= 0.6 is 0 Å². The predicted octanol–water partition coefficient (Wildman–Crippen LogP) is 3.10. The van der Waals surface area contributed by atoms with Crippen molar-refractivity contribution in [2.45, 2.75) is 32.8 Å². The average Bonchev–Trinajstić information content (AvgIpc) is 2.92. The molecule has 1 aromatic carbocycles. The van der Waals surface area contributed by atoms with Gasteiger partial charge in [-0.15, -0.1) is 0 Å². The number of hydrogen-bond donors (Lipinski definition) is 1. The Labute approximate surface area is 116 Å². The zero-order valence-electron chi connectivity index (χ0n) is 12.2. The van der Waals surface area contributed by atoms with Gasteiger partial charge in [-0.1, -0.05) is 26.0 Å². The van der Waals surface area contributed by atoms with E-state index in [4.69, 9.17) is 9.47 Å². The Balaban J connectivity index is 2.09. The second-order valence-corrected chi connectivity index (χ2v) is 5.69. The molecule has 1 aromatic rings. The monoisotopic (exact) mass is 263 g/mol. The molecule has 2 rings (SSSR count). The van der Waals surface area contributed by atoms with E-state index in [1.54, 1.807) is 7.11 Å². The van der Waals surface area contributed by atoms with E-state index in [1.165, 1.54) is 6.42 Å². The van der Waals surface area contributed by atoms with Gasteiger partial charge in [-0.3, -0.25) is 0 Å². The van der Waals surface area contributed by atoms with E-state index >= 15 is 0 Å². The molecule has 1 aliphatic rings. The van der Waals surface area contributed by atoms with E-state index in [0.29, 0.717) is 11.8 Å². The predicted molar refractivity (Wildman–Crippen MR) is 77.8 cm³/mol. The fourth-order valence-electron chi connectivity index (χ4n) is 2.67. The molecule has 0 bridgehead atoms. The first kappa shape index (κ1) is 14.2. The van der Waals surface area contributed by atoms with Crippen molar-refractivity contribution in [3.05, 3.63) is 24.3 Å². The molecule has 3 heteroatoms. The first-order chi connectivity index (χ1) is 9.20. The Hall–Kier alpha value is -1.22. The normalized spacial score (nSPS) is 20.5. The second-order valence-electron chi connectivity index (χ2n) is 5.69. The molecule has 1 heterocycles. The molecule has 1 fully saturated rings. The van der Waals surface area contributed by atoms with Crippen LogP contribution in [-0.4, -0.2) is 26.3 Å². The highest BCUT2D eigenvalue weighted by atomic mass is 16.5. The molecule has 0 saturated carbocycles. The number of methoxy groups -OCH3 is 1. The van der Waals surface area contributed by atoms with Crippen molar-refractivity contribution in [2.75, 3.05) is 20.2 Å². The van der Waals surface area contributed by atoms with Gasteiger partial charge >= 0.3 is 0 Å². The van der Waals surface area contributed by atoms with Gasteiger partial charge in [0.25, 0.3) is 0 Å². The van der Waals surface area contributed by atoms with E-state index in [0.717, 1.165) is 31.0 Å².